The van der Waals surface area contributed by atoms with Crippen LogP contribution in [-0.2, 0) is 0 Å². The van der Waals surface area contributed by atoms with Crippen molar-refractivity contribution >= 4 is 39.1 Å². The highest BCUT2D eigenvalue weighted by Crippen LogP contribution is 2.48. The standard InChI is InChI=1S/C9H7BrCl2O2/c1-3-8(13)6-7(12)4(10)2-5(11)9(6)14-3/h2-3,8,13H,1H3. The van der Waals surface area contributed by atoms with Crippen molar-refractivity contribution in [3.8, 4) is 5.75 Å². The zero-order chi connectivity index (χ0) is 10.5. The highest BCUT2D eigenvalue weighted by molar-refractivity contribution is 9.10. The van der Waals surface area contributed by atoms with E-state index in [1.807, 2.05) is 0 Å². The summed E-state index contributed by atoms with van der Waals surface area (Å²) < 4.78 is 6.06. The molecule has 0 aliphatic carbocycles. The summed E-state index contributed by atoms with van der Waals surface area (Å²) in [6.07, 6.45) is -1.03. The van der Waals surface area contributed by atoms with Gasteiger partial charge in [-0.25, -0.2) is 0 Å². The topological polar surface area (TPSA) is 29.5 Å². The van der Waals surface area contributed by atoms with Gasteiger partial charge in [-0.2, -0.15) is 0 Å². The van der Waals surface area contributed by atoms with Crippen LogP contribution in [0.2, 0.25) is 10.0 Å². The van der Waals surface area contributed by atoms with Crippen LogP contribution in [0.4, 0.5) is 0 Å². The highest BCUT2D eigenvalue weighted by atomic mass is 79.9. The van der Waals surface area contributed by atoms with E-state index >= 15 is 0 Å². The molecule has 2 unspecified atom stereocenters. The van der Waals surface area contributed by atoms with Gasteiger partial charge in [0.2, 0.25) is 0 Å². The Morgan fingerprint density at radius 1 is 1.50 bits per heavy atom. The zero-order valence-electron chi connectivity index (χ0n) is 7.22. The lowest BCUT2D eigenvalue weighted by Crippen LogP contribution is -2.13. The van der Waals surface area contributed by atoms with E-state index < -0.39 is 6.10 Å². The Bertz CT molecular complexity index is 395. The van der Waals surface area contributed by atoms with Gasteiger partial charge < -0.3 is 9.84 Å². The van der Waals surface area contributed by atoms with Crippen LogP contribution in [-0.4, -0.2) is 11.2 Å². The lowest BCUT2D eigenvalue weighted by atomic mass is 10.1. The van der Waals surface area contributed by atoms with Crippen LogP contribution < -0.4 is 4.74 Å². The molecule has 2 rings (SSSR count). The minimum absolute atomic E-state index is 0.311. The first-order valence-electron chi connectivity index (χ1n) is 4.04. The molecule has 5 heteroatoms. The fourth-order valence-electron chi connectivity index (χ4n) is 1.47. The van der Waals surface area contributed by atoms with Crippen molar-refractivity contribution in [1.82, 2.24) is 0 Å². The number of rotatable bonds is 0. The number of hydrogen-bond acceptors (Lipinski definition) is 2. The number of fused-ring (bicyclic) bond motifs is 1. The minimum atomic E-state index is -0.715. The largest absolute Gasteiger partial charge is 0.486 e. The molecule has 0 aromatic heterocycles. The van der Waals surface area contributed by atoms with Crippen LogP contribution in [0.3, 0.4) is 0 Å². The minimum Gasteiger partial charge on any atom is -0.486 e. The Hall–Kier alpha value is 0.0400. The van der Waals surface area contributed by atoms with Crippen LogP contribution >= 0.6 is 39.1 Å². The molecule has 2 nitrogen and oxygen atoms in total. The molecule has 0 saturated carbocycles. The van der Waals surface area contributed by atoms with Crippen molar-refractivity contribution in [3.63, 3.8) is 0 Å². The summed E-state index contributed by atoms with van der Waals surface area (Å²) in [4.78, 5) is 0. The van der Waals surface area contributed by atoms with Crippen LogP contribution in [0.25, 0.3) is 0 Å². The third-order valence-corrected chi connectivity index (χ3v) is 3.75. The Morgan fingerprint density at radius 3 is 2.79 bits per heavy atom. The number of ether oxygens (including phenoxy) is 1. The normalized spacial score (nSPS) is 24.6. The van der Waals surface area contributed by atoms with E-state index in [2.05, 4.69) is 15.9 Å². The maximum Gasteiger partial charge on any atom is 0.145 e. The molecule has 76 valence electrons. The average Bonchev–Trinajstić information content (AvgIpc) is 2.41. The van der Waals surface area contributed by atoms with Gasteiger partial charge in [-0.3, -0.25) is 0 Å². The van der Waals surface area contributed by atoms with Crippen molar-refractivity contribution < 1.29 is 9.84 Å². The number of benzene rings is 1. The summed E-state index contributed by atoms with van der Waals surface area (Å²) in [5.41, 5.74) is 0.568. The van der Waals surface area contributed by atoms with Crippen LogP contribution in [0, 0.1) is 0 Å². The monoisotopic (exact) mass is 296 g/mol. The molecular formula is C9H7BrCl2O2. The molecule has 1 heterocycles. The van der Waals surface area contributed by atoms with Gasteiger partial charge in [0, 0.05) is 10.0 Å². The molecule has 0 bridgehead atoms. The first kappa shape index (κ1) is 10.6. The molecule has 1 aromatic rings. The van der Waals surface area contributed by atoms with E-state index in [1.165, 1.54) is 0 Å². The molecule has 1 N–H and O–H groups in total. The van der Waals surface area contributed by atoms with Crippen molar-refractivity contribution in [1.29, 1.82) is 0 Å². The highest BCUT2D eigenvalue weighted by Gasteiger charge is 2.34. The summed E-state index contributed by atoms with van der Waals surface area (Å²) >= 11 is 15.2. The average molecular weight is 298 g/mol. The molecule has 0 spiro atoms. The van der Waals surface area contributed by atoms with E-state index in [0.717, 1.165) is 0 Å². The van der Waals surface area contributed by atoms with Crippen molar-refractivity contribution in [2.75, 3.05) is 0 Å². The molecule has 1 aromatic carbocycles. The Labute approximate surface area is 99.9 Å². The lowest BCUT2D eigenvalue weighted by Gasteiger charge is -2.07. The van der Waals surface area contributed by atoms with Crippen molar-refractivity contribution in [2.45, 2.75) is 19.1 Å². The van der Waals surface area contributed by atoms with Crippen molar-refractivity contribution in [2.24, 2.45) is 0 Å². The van der Waals surface area contributed by atoms with Gasteiger partial charge in [0.1, 0.15) is 18.0 Å². The van der Waals surface area contributed by atoms with Gasteiger partial charge in [-0.1, -0.05) is 23.2 Å². The molecule has 0 radical (unpaired) electrons. The molecule has 14 heavy (non-hydrogen) atoms. The van der Waals surface area contributed by atoms with Crippen LogP contribution in [0.1, 0.15) is 18.6 Å². The SMILES string of the molecule is CC1Oc2c(Cl)cc(Br)c(Cl)c2C1O. The first-order valence-corrected chi connectivity index (χ1v) is 5.59. The maximum absolute atomic E-state index is 9.79. The molecule has 1 aliphatic heterocycles. The predicted molar refractivity (Wildman–Crippen MR) is 59.2 cm³/mol. The summed E-state index contributed by atoms with van der Waals surface area (Å²) in [7, 11) is 0. The number of halogens is 3. The molecule has 0 amide bonds. The number of aliphatic hydroxyl groups is 1. The quantitative estimate of drug-likeness (QED) is 0.742. The van der Waals surface area contributed by atoms with E-state index in [-0.39, 0.29) is 6.10 Å². The van der Waals surface area contributed by atoms with E-state index in [9.17, 15) is 5.11 Å². The van der Waals surface area contributed by atoms with Gasteiger partial charge in [-0.05, 0) is 28.9 Å². The number of aliphatic hydroxyl groups excluding tert-OH is 1. The fourth-order valence-corrected chi connectivity index (χ4v) is 2.55. The van der Waals surface area contributed by atoms with E-state index in [1.54, 1.807) is 13.0 Å². The molecule has 0 saturated heterocycles. The first-order chi connectivity index (χ1) is 6.52. The van der Waals surface area contributed by atoms with E-state index in [0.29, 0.717) is 25.8 Å². The second-order valence-corrected chi connectivity index (χ2v) is 4.80. The van der Waals surface area contributed by atoms with Gasteiger partial charge >= 0.3 is 0 Å². The van der Waals surface area contributed by atoms with Gasteiger partial charge in [0.25, 0.3) is 0 Å². The molecule has 0 fully saturated rings. The van der Waals surface area contributed by atoms with Crippen LogP contribution in [0.5, 0.6) is 5.75 Å². The van der Waals surface area contributed by atoms with Crippen molar-refractivity contribution in [3.05, 3.63) is 26.1 Å². The fraction of sp³-hybridized carbons (Fsp3) is 0.333. The summed E-state index contributed by atoms with van der Waals surface area (Å²) in [6.45, 7) is 1.77. The Balaban J connectivity index is 2.67. The van der Waals surface area contributed by atoms with Crippen LogP contribution in [0.15, 0.2) is 10.5 Å². The van der Waals surface area contributed by atoms with E-state index in [4.69, 9.17) is 27.9 Å². The maximum atomic E-state index is 9.79. The second-order valence-electron chi connectivity index (χ2n) is 3.16. The smallest absolute Gasteiger partial charge is 0.145 e. The summed E-state index contributed by atoms with van der Waals surface area (Å²) in [6, 6.07) is 1.66. The van der Waals surface area contributed by atoms with Gasteiger partial charge in [0.15, 0.2) is 0 Å². The summed E-state index contributed by atoms with van der Waals surface area (Å²) in [5, 5.41) is 10.7. The Morgan fingerprint density at radius 2 is 2.14 bits per heavy atom. The lowest BCUT2D eigenvalue weighted by molar-refractivity contribution is 0.0796. The zero-order valence-corrected chi connectivity index (χ0v) is 10.3. The Kier molecular flexibility index (Phi) is 2.68. The number of hydrogen-bond donors (Lipinski definition) is 1. The van der Waals surface area contributed by atoms with Gasteiger partial charge in [-0.15, -0.1) is 0 Å². The molecule has 2 atom stereocenters. The summed E-state index contributed by atoms with van der Waals surface area (Å²) in [5.74, 6) is 0.486. The molecule has 1 aliphatic rings. The van der Waals surface area contributed by atoms with Gasteiger partial charge in [0.05, 0.1) is 10.0 Å². The predicted octanol–water partition coefficient (Wildman–Crippen LogP) is 3.57. The molecular weight excluding hydrogens is 291 g/mol. The second kappa shape index (κ2) is 3.56. The third kappa shape index (κ3) is 1.43. The third-order valence-electron chi connectivity index (χ3n) is 2.21.